The van der Waals surface area contributed by atoms with Crippen LogP contribution in [0.15, 0.2) is 0 Å². The van der Waals surface area contributed by atoms with Gasteiger partial charge in [0, 0.05) is 0 Å². The Balaban J connectivity index is 4.33. The van der Waals surface area contributed by atoms with Gasteiger partial charge in [0.2, 0.25) is 0 Å². The third-order valence-corrected chi connectivity index (χ3v) is 1.58. The summed E-state index contributed by atoms with van der Waals surface area (Å²) < 4.78 is 4.31. The van der Waals surface area contributed by atoms with E-state index in [-0.39, 0.29) is 6.42 Å². The van der Waals surface area contributed by atoms with E-state index in [1.807, 2.05) is 0 Å². The fraction of sp³-hybridized carbons (Fsp3) is 0.714. The van der Waals surface area contributed by atoms with Crippen molar-refractivity contribution >= 4 is 11.9 Å². The Labute approximate surface area is 70.0 Å². The van der Waals surface area contributed by atoms with Crippen molar-refractivity contribution in [1.29, 1.82) is 0 Å². The molecule has 0 aromatic rings. The number of carbonyl (C=O) groups excluding carboxylic acids is 1. The Morgan fingerprint density at radius 1 is 1.50 bits per heavy atom. The second kappa shape index (κ2) is 4.71. The number of methoxy groups -OCH3 is 1. The lowest BCUT2D eigenvalue weighted by atomic mass is 10.00. The first-order chi connectivity index (χ1) is 5.54. The minimum atomic E-state index is -1.68. The average Bonchev–Trinajstić information content (AvgIpc) is 2.05. The van der Waals surface area contributed by atoms with Crippen LogP contribution in [0.5, 0.6) is 0 Å². The van der Waals surface area contributed by atoms with Gasteiger partial charge >= 0.3 is 11.9 Å². The summed E-state index contributed by atoms with van der Waals surface area (Å²) >= 11 is 0. The van der Waals surface area contributed by atoms with Gasteiger partial charge in [-0.25, -0.2) is 4.79 Å². The van der Waals surface area contributed by atoms with Gasteiger partial charge in [0.1, 0.15) is 0 Å². The second-order valence-electron chi connectivity index (χ2n) is 2.32. The number of esters is 1. The largest absolute Gasteiger partial charge is 0.479 e. The number of hydrogen-bond acceptors (Lipinski definition) is 4. The average molecular weight is 176 g/mol. The first kappa shape index (κ1) is 10.9. The Bertz CT molecular complexity index is 177. The van der Waals surface area contributed by atoms with E-state index in [9.17, 15) is 9.59 Å². The monoisotopic (exact) mass is 176 g/mol. The number of rotatable bonds is 4. The highest BCUT2D eigenvalue weighted by molar-refractivity contribution is 5.82. The number of ether oxygens (including phenoxy) is 1. The first-order valence-corrected chi connectivity index (χ1v) is 3.53. The number of aliphatic carboxylic acids is 1. The molecule has 0 aliphatic heterocycles. The highest BCUT2D eigenvalue weighted by atomic mass is 16.5. The summed E-state index contributed by atoms with van der Waals surface area (Å²) in [6.07, 6.45) is -1.44. The standard InChI is InChI=1S/C7H12O5/c1-3-4(7(11)12-2)5(8)6(9)10/h4-5,8H,3H2,1-2H3,(H,9,10). The molecule has 2 unspecified atom stereocenters. The van der Waals surface area contributed by atoms with Gasteiger partial charge in [0.15, 0.2) is 6.10 Å². The Morgan fingerprint density at radius 2 is 2.00 bits per heavy atom. The summed E-state index contributed by atoms with van der Waals surface area (Å²) in [4.78, 5) is 21.1. The molecule has 70 valence electrons. The van der Waals surface area contributed by atoms with Gasteiger partial charge in [-0.3, -0.25) is 4.79 Å². The molecule has 0 bridgehead atoms. The van der Waals surface area contributed by atoms with Crippen LogP contribution in [0.25, 0.3) is 0 Å². The molecule has 5 heteroatoms. The van der Waals surface area contributed by atoms with Crippen LogP contribution in [0.3, 0.4) is 0 Å². The summed E-state index contributed by atoms with van der Waals surface area (Å²) in [5.41, 5.74) is 0. The highest BCUT2D eigenvalue weighted by Crippen LogP contribution is 2.10. The molecule has 0 aliphatic carbocycles. The van der Waals surface area contributed by atoms with E-state index in [4.69, 9.17) is 10.2 Å². The Kier molecular flexibility index (Phi) is 4.28. The molecule has 2 N–H and O–H groups in total. The SMILES string of the molecule is CCC(C(=O)OC)C(O)C(=O)O. The molecule has 0 spiro atoms. The van der Waals surface area contributed by atoms with Crippen LogP contribution in [0, 0.1) is 5.92 Å². The summed E-state index contributed by atoms with van der Waals surface area (Å²) in [5.74, 6) is -3.09. The second-order valence-corrected chi connectivity index (χ2v) is 2.32. The van der Waals surface area contributed by atoms with Crippen LogP contribution < -0.4 is 0 Å². The van der Waals surface area contributed by atoms with E-state index in [0.29, 0.717) is 0 Å². The zero-order valence-corrected chi connectivity index (χ0v) is 6.98. The number of hydrogen-bond donors (Lipinski definition) is 2. The van der Waals surface area contributed by atoms with Crippen LogP contribution >= 0.6 is 0 Å². The molecule has 12 heavy (non-hydrogen) atoms. The Hall–Kier alpha value is -1.10. The van der Waals surface area contributed by atoms with Gasteiger partial charge < -0.3 is 14.9 Å². The van der Waals surface area contributed by atoms with Crippen LogP contribution in [0.1, 0.15) is 13.3 Å². The molecule has 0 aromatic heterocycles. The van der Waals surface area contributed by atoms with Crippen molar-refractivity contribution in [2.75, 3.05) is 7.11 Å². The van der Waals surface area contributed by atoms with Crippen molar-refractivity contribution in [2.24, 2.45) is 5.92 Å². The van der Waals surface area contributed by atoms with Gasteiger partial charge in [-0.05, 0) is 6.42 Å². The smallest absolute Gasteiger partial charge is 0.333 e. The molecule has 5 nitrogen and oxygen atoms in total. The number of carboxylic acid groups (broad SMARTS) is 1. The maximum Gasteiger partial charge on any atom is 0.333 e. The summed E-state index contributed by atoms with van der Waals surface area (Å²) in [6.45, 7) is 1.60. The van der Waals surface area contributed by atoms with Gasteiger partial charge in [-0.1, -0.05) is 6.92 Å². The van der Waals surface area contributed by atoms with Gasteiger partial charge in [-0.2, -0.15) is 0 Å². The molecule has 0 rings (SSSR count). The van der Waals surface area contributed by atoms with Crippen LogP contribution in [0.2, 0.25) is 0 Å². The van der Waals surface area contributed by atoms with Crippen molar-refractivity contribution in [3.8, 4) is 0 Å². The normalized spacial score (nSPS) is 14.9. The Morgan fingerprint density at radius 3 is 2.25 bits per heavy atom. The van der Waals surface area contributed by atoms with Gasteiger partial charge in [0.05, 0.1) is 13.0 Å². The zero-order valence-electron chi connectivity index (χ0n) is 6.98. The van der Waals surface area contributed by atoms with Crippen molar-refractivity contribution in [2.45, 2.75) is 19.4 Å². The minimum Gasteiger partial charge on any atom is -0.479 e. The summed E-state index contributed by atoms with van der Waals surface area (Å²) in [5, 5.41) is 17.4. The molecule has 0 aromatic carbocycles. The summed E-state index contributed by atoms with van der Waals surface area (Å²) in [7, 11) is 1.15. The predicted molar refractivity (Wildman–Crippen MR) is 39.4 cm³/mol. The van der Waals surface area contributed by atoms with E-state index in [1.54, 1.807) is 6.92 Å². The van der Waals surface area contributed by atoms with Gasteiger partial charge in [-0.15, -0.1) is 0 Å². The summed E-state index contributed by atoms with van der Waals surface area (Å²) in [6, 6.07) is 0. The number of carbonyl (C=O) groups is 2. The topological polar surface area (TPSA) is 83.8 Å². The molecule has 0 heterocycles. The number of aliphatic hydroxyl groups excluding tert-OH is 1. The van der Waals surface area contributed by atoms with Crippen molar-refractivity contribution < 1.29 is 24.5 Å². The molecule has 0 saturated heterocycles. The van der Waals surface area contributed by atoms with Crippen LogP contribution in [-0.2, 0) is 14.3 Å². The minimum absolute atomic E-state index is 0.236. The molecule has 0 radical (unpaired) electrons. The zero-order chi connectivity index (χ0) is 9.72. The van der Waals surface area contributed by atoms with E-state index < -0.39 is 24.0 Å². The molecule has 0 saturated carbocycles. The van der Waals surface area contributed by atoms with Crippen LogP contribution in [0.4, 0.5) is 0 Å². The molecule has 2 atom stereocenters. The number of aliphatic hydroxyl groups is 1. The first-order valence-electron chi connectivity index (χ1n) is 3.53. The molecular weight excluding hydrogens is 164 g/mol. The fourth-order valence-electron chi connectivity index (χ4n) is 0.842. The molecule has 0 fully saturated rings. The van der Waals surface area contributed by atoms with Crippen molar-refractivity contribution in [3.05, 3.63) is 0 Å². The quantitative estimate of drug-likeness (QED) is 0.571. The molecule has 0 aliphatic rings. The lowest BCUT2D eigenvalue weighted by molar-refractivity contribution is -0.161. The third kappa shape index (κ3) is 2.50. The van der Waals surface area contributed by atoms with E-state index in [1.165, 1.54) is 0 Å². The van der Waals surface area contributed by atoms with Gasteiger partial charge in [0.25, 0.3) is 0 Å². The highest BCUT2D eigenvalue weighted by Gasteiger charge is 2.30. The molecule has 0 amide bonds. The van der Waals surface area contributed by atoms with E-state index >= 15 is 0 Å². The number of carboxylic acids is 1. The maximum atomic E-state index is 10.8. The lowest BCUT2D eigenvalue weighted by Crippen LogP contribution is -2.35. The predicted octanol–water partition coefficient (Wildman–Crippen LogP) is -0.369. The van der Waals surface area contributed by atoms with Crippen molar-refractivity contribution in [3.63, 3.8) is 0 Å². The third-order valence-electron chi connectivity index (χ3n) is 1.58. The van der Waals surface area contributed by atoms with E-state index in [2.05, 4.69) is 4.74 Å². The lowest BCUT2D eigenvalue weighted by Gasteiger charge is -2.14. The fourth-order valence-corrected chi connectivity index (χ4v) is 0.842. The van der Waals surface area contributed by atoms with Crippen LogP contribution in [-0.4, -0.2) is 35.4 Å². The molecular formula is C7H12O5. The maximum absolute atomic E-state index is 10.8. The van der Waals surface area contributed by atoms with E-state index in [0.717, 1.165) is 7.11 Å². The van der Waals surface area contributed by atoms with Crippen molar-refractivity contribution in [1.82, 2.24) is 0 Å².